The fraction of sp³-hybridized carbons (Fsp3) is 0.938. The van der Waals surface area contributed by atoms with Gasteiger partial charge in [-0.3, -0.25) is 4.79 Å². The molecule has 0 spiro atoms. The van der Waals surface area contributed by atoms with Crippen molar-refractivity contribution in [3.05, 3.63) is 0 Å². The summed E-state index contributed by atoms with van der Waals surface area (Å²) in [5.41, 5.74) is 5.71. The van der Waals surface area contributed by atoms with Gasteiger partial charge >= 0.3 is 7.12 Å². The summed E-state index contributed by atoms with van der Waals surface area (Å²) in [7, 11) is -0.275. The molecule has 1 amide bonds. The van der Waals surface area contributed by atoms with E-state index in [0.717, 1.165) is 31.7 Å². The molecular formula is C16H27BN2O3. The van der Waals surface area contributed by atoms with E-state index < -0.39 is 0 Å². The van der Waals surface area contributed by atoms with E-state index in [0.29, 0.717) is 11.3 Å². The number of rotatable bonds is 2. The van der Waals surface area contributed by atoms with Crippen LogP contribution in [0, 0.1) is 17.3 Å². The molecule has 5 fully saturated rings. The van der Waals surface area contributed by atoms with Gasteiger partial charge in [0, 0.05) is 6.54 Å². The van der Waals surface area contributed by atoms with Gasteiger partial charge in [0.2, 0.25) is 5.91 Å². The van der Waals surface area contributed by atoms with Gasteiger partial charge in [-0.1, -0.05) is 13.8 Å². The summed E-state index contributed by atoms with van der Waals surface area (Å²) in [6.07, 6.45) is 4.50. The van der Waals surface area contributed by atoms with Gasteiger partial charge in [0.15, 0.2) is 0 Å². The molecule has 122 valence electrons. The molecule has 5 rings (SSSR count). The SMILES string of the molecule is CC1(C)C2CC3OB(C4CCCN4C(=O)CN)O[C@@]3(C)C1C2. The molecule has 3 aliphatic carbocycles. The van der Waals surface area contributed by atoms with Crippen LogP contribution in [0.2, 0.25) is 0 Å². The first kappa shape index (κ1) is 15.0. The zero-order chi connectivity index (χ0) is 15.7. The zero-order valence-electron chi connectivity index (χ0n) is 13.9. The predicted molar refractivity (Wildman–Crippen MR) is 83.9 cm³/mol. The molecule has 2 saturated heterocycles. The zero-order valence-corrected chi connectivity index (χ0v) is 13.9. The number of carbonyl (C=O) groups excluding carboxylic acids is 1. The minimum atomic E-state index is -0.275. The number of nitrogens with zero attached hydrogens (tertiary/aromatic N) is 1. The second-order valence-electron chi connectivity index (χ2n) is 8.34. The lowest BCUT2D eigenvalue weighted by molar-refractivity contribution is -0.199. The topological polar surface area (TPSA) is 64.8 Å². The Morgan fingerprint density at radius 3 is 2.82 bits per heavy atom. The van der Waals surface area contributed by atoms with Crippen molar-refractivity contribution in [1.82, 2.24) is 4.90 Å². The molecule has 5 nitrogen and oxygen atoms in total. The second kappa shape index (κ2) is 4.71. The second-order valence-corrected chi connectivity index (χ2v) is 8.34. The third kappa shape index (κ3) is 1.80. The van der Waals surface area contributed by atoms with Crippen LogP contribution in [0.4, 0.5) is 0 Å². The van der Waals surface area contributed by atoms with Crippen molar-refractivity contribution in [2.24, 2.45) is 23.0 Å². The maximum absolute atomic E-state index is 12.0. The number of likely N-dealkylation sites (tertiary alicyclic amines) is 1. The Kier molecular flexibility index (Phi) is 3.21. The molecule has 0 aromatic carbocycles. The molecule has 0 aromatic heterocycles. The average molecular weight is 306 g/mol. The average Bonchev–Trinajstić information content (AvgIpc) is 3.08. The first-order chi connectivity index (χ1) is 10.4. The van der Waals surface area contributed by atoms with E-state index in [-0.39, 0.29) is 37.2 Å². The number of hydrogen-bond donors (Lipinski definition) is 1. The molecule has 3 saturated carbocycles. The van der Waals surface area contributed by atoms with Crippen molar-refractivity contribution in [3.8, 4) is 0 Å². The summed E-state index contributed by atoms with van der Waals surface area (Å²) < 4.78 is 12.8. The van der Waals surface area contributed by atoms with Gasteiger partial charge < -0.3 is 19.9 Å². The van der Waals surface area contributed by atoms with Gasteiger partial charge in [-0.25, -0.2) is 0 Å². The molecule has 22 heavy (non-hydrogen) atoms. The summed E-state index contributed by atoms with van der Waals surface area (Å²) in [4.78, 5) is 13.9. The van der Waals surface area contributed by atoms with Crippen molar-refractivity contribution in [2.75, 3.05) is 13.1 Å². The molecule has 4 unspecified atom stereocenters. The highest BCUT2D eigenvalue weighted by atomic mass is 16.7. The van der Waals surface area contributed by atoms with E-state index in [1.807, 2.05) is 4.90 Å². The van der Waals surface area contributed by atoms with Crippen molar-refractivity contribution in [2.45, 2.75) is 64.1 Å². The van der Waals surface area contributed by atoms with Crippen LogP contribution in [0.5, 0.6) is 0 Å². The van der Waals surface area contributed by atoms with Gasteiger partial charge in [0.05, 0.1) is 24.2 Å². The Balaban J connectivity index is 1.54. The lowest BCUT2D eigenvalue weighted by atomic mass is 9.43. The van der Waals surface area contributed by atoms with E-state index in [2.05, 4.69) is 20.8 Å². The Bertz CT molecular complexity index is 500. The van der Waals surface area contributed by atoms with Gasteiger partial charge in [-0.05, 0) is 49.9 Å². The lowest BCUT2D eigenvalue weighted by Crippen LogP contribution is -2.65. The first-order valence-corrected chi connectivity index (χ1v) is 8.70. The van der Waals surface area contributed by atoms with E-state index in [9.17, 15) is 4.79 Å². The van der Waals surface area contributed by atoms with Gasteiger partial charge in [-0.15, -0.1) is 0 Å². The van der Waals surface area contributed by atoms with Crippen molar-refractivity contribution >= 4 is 13.0 Å². The Morgan fingerprint density at radius 1 is 1.36 bits per heavy atom. The third-order valence-electron chi connectivity index (χ3n) is 7.08. The van der Waals surface area contributed by atoms with Gasteiger partial charge in [0.1, 0.15) is 0 Å². The van der Waals surface area contributed by atoms with Crippen LogP contribution in [0.1, 0.15) is 46.5 Å². The molecule has 0 aromatic rings. The highest BCUT2D eigenvalue weighted by molar-refractivity contribution is 6.48. The van der Waals surface area contributed by atoms with Crippen LogP contribution in [-0.2, 0) is 14.1 Å². The van der Waals surface area contributed by atoms with Crippen molar-refractivity contribution in [1.29, 1.82) is 0 Å². The van der Waals surface area contributed by atoms with Crippen LogP contribution in [0.3, 0.4) is 0 Å². The maximum atomic E-state index is 12.0. The van der Waals surface area contributed by atoms with E-state index in [4.69, 9.17) is 15.0 Å². The summed E-state index contributed by atoms with van der Waals surface area (Å²) >= 11 is 0. The van der Waals surface area contributed by atoms with E-state index in [1.54, 1.807) is 0 Å². The van der Waals surface area contributed by atoms with Crippen LogP contribution < -0.4 is 5.73 Å². The molecular weight excluding hydrogens is 279 g/mol. The van der Waals surface area contributed by atoms with Gasteiger partial charge in [0.25, 0.3) is 0 Å². The molecule has 5 atom stereocenters. The molecule has 5 aliphatic rings. The van der Waals surface area contributed by atoms with Crippen LogP contribution >= 0.6 is 0 Å². The van der Waals surface area contributed by atoms with E-state index >= 15 is 0 Å². The minimum absolute atomic E-state index is 0.0133. The maximum Gasteiger partial charge on any atom is 0.481 e. The molecule has 2 N–H and O–H groups in total. The predicted octanol–water partition coefficient (Wildman–Crippen LogP) is 1.20. The molecule has 2 bridgehead atoms. The lowest BCUT2D eigenvalue weighted by Gasteiger charge is -2.64. The Labute approximate surface area is 133 Å². The third-order valence-corrected chi connectivity index (χ3v) is 7.08. The van der Waals surface area contributed by atoms with Crippen LogP contribution in [-0.4, -0.2) is 48.7 Å². The number of carbonyl (C=O) groups is 1. The largest absolute Gasteiger partial charge is 0.481 e. The summed E-state index contributed by atoms with van der Waals surface area (Å²) in [5.74, 6) is 1.37. The standard InChI is InChI=1S/C16H27BN2O3/c1-15(2)10-7-11(15)16(3)12(8-10)21-17(22-16)13-5-4-6-19(13)14(20)9-18/h10-13H,4-9,18H2,1-3H3/t10?,11?,12?,13?,16-/m0/s1. The Morgan fingerprint density at radius 2 is 2.14 bits per heavy atom. The van der Waals surface area contributed by atoms with Crippen molar-refractivity contribution in [3.63, 3.8) is 0 Å². The number of nitrogens with two attached hydrogens (primary N) is 1. The van der Waals surface area contributed by atoms with Crippen LogP contribution in [0.15, 0.2) is 0 Å². The molecule has 0 radical (unpaired) electrons. The fourth-order valence-electron chi connectivity index (χ4n) is 5.57. The van der Waals surface area contributed by atoms with Crippen LogP contribution in [0.25, 0.3) is 0 Å². The minimum Gasteiger partial charge on any atom is -0.404 e. The smallest absolute Gasteiger partial charge is 0.404 e. The quantitative estimate of drug-likeness (QED) is 0.779. The highest BCUT2D eigenvalue weighted by Crippen LogP contribution is 2.65. The first-order valence-electron chi connectivity index (χ1n) is 8.70. The number of hydrogen-bond acceptors (Lipinski definition) is 4. The number of amides is 1. The van der Waals surface area contributed by atoms with Crippen molar-refractivity contribution < 1.29 is 14.1 Å². The summed E-state index contributed by atoms with van der Waals surface area (Å²) in [5, 5.41) is 0. The van der Waals surface area contributed by atoms with E-state index in [1.165, 1.54) is 6.42 Å². The fourth-order valence-corrected chi connectivity index (χ4v) is 5.57. The Hall–Kier alpha value is -0.585. The molecule has 2 heterocycles. The summed E-state index contributed by atoms with van der Waals surface area (Å²) in [6, 6.07) is 0. The van der Waals surface area contributed by atoms with Gasteiger partial charge in [-0.2, -0.15) is 0 Å². The highest BCUT2D eigenvalue weighted by Gasteiger charge is 2.68. The molecule has 2 aliphatic heterocycles. The molecule has 6 heteroatoms. The summed E-state index contributed by atoms with van der Waals surface area (Å²) in [6.45, 7) is 7.81. The normalized spacial score (nSPS) is 45.6. The monoisotopic (exact) mass is 306 g/mol.